The summed E-state index contributed by atoms with van der Waals surface area (Å²) >= 11 is 0. The van der Waals surface area contributed by atoms with Crippen LogP contribution in [-0.4, -0.2) is 28.7 Å². The van der Waals surface area contributed by atoms with E-state index in [9.17, 15) is 18.8 Å². The minimum atomic E-state index is -0.893. The van der Waals surface area contributed by atoms with E-state index in [1.807, 2.05) is 0 Å². The van der Waals surface area contributed by atoms with Crippen molar-refractivity contribution in [1.29, 1.82) is 0 Å². The molecule has 0 spiro atoms. The molecule has 1 aromatic carbocycles. The third kappa shape index (κ3) is 3.31. The Bertz CT molecular complexity index is 786. The minimum Gasteiger partial charge on any atom is -0.467 e. The van der Waals surface area contributed by atoms with Crippen LogP contribution in [0.15, 0.2) is 47.1 Å². The molecular formula is C18H17FN2O4. The molecule has 1 atom stereocenters. The van der Waals surface area contributed by atoms with Gasteiger partial charge in [-0.1, -0.05) is 6.92 Å². The first-order chi connectivity index (χ1) is 12.0. The van der Waals surface area contributed by atoms with Crippen molar-refractivity contribution in [2.24, 2.45) is 0 Å². The summed E-state index contributed by atoms with van der Waals surface area (Å²) in [7, 11) is 0. The van der Waals surface area contributed by atoms with Crippen molar-refractivity contribution in [3.05, 3.63) is 54.2 Å². The molecule has 0 saturated carbocycles. The number of amides is 3. The topological polar surface area (TPSA) is 70.8 Å². The van der Waals surface area contributed by atoms with Gasteiger partial charge in [0, 0.05) is 6.42 Å². The molecule has 2 aromatic rings. The molecule has 6 nitrogen and oxygen atoms in total. The van der Waals surface area contributed by atoms with Crippen molar-refractivity contribution in [3.8, 4) is 0 Å². The highest BCUT2D eigenvalue weighted by molar-refractivity contribution is 6.23. The van der Waals surface area contributed by atoms with E-state index in [2.05, 4.69) is 0 Å². The molecule has 1 aromatic heterocycles. The maximum atomic E-state index is 13.1. The summed E-state index contributed by atoms with van der Waals surface area (Å²) in [5.74, 6) is -1.09. The average Bonchev–Trinajstić information content (AvgIpc) is 3.21. The van der Waals surface area contributed by atoms with Crippen molar-refractivity contribution < 1.29 is 23.2 Å². The average molecular weight is 344 g/mol. The number of rotatable bonds is 5. The summed E-state index contributed by atoms with van der Waals surface area (Å²) in [6.45, 7) is 1.80. The molecule has 7 heteroatoms. The first kappa shape index (κ1) is 16.9. The summed E-state index contributed by atoms with van der Waals surface area (Å²) in [5, 5.41) is 0. The van der Waals surface area contributed by atoms with Gasteiger partial charge in [-0.15, -0.1) is 0 Å². The number of furan rings is 1. The van der Waals surface area contributed by atoms with Gasteiger partial charge in [0.25, 0.3) is 5.91 Å². The lowest BCUT2D eigenvalue weighted by atomic mass is 10.2. The first-order valence-corrected chi connectivity index (χ1v) is 7.95. The van der Waals surface area contributed by atoms with Crippen LogP contribution in [0, 0.1) is 5.82 Å². The number of hydrogen-bond acceptors (Lipinski definition) is 4. The predicted octanol–water partition coefficient (Wildman–Crippen LogP) is 2.49. The minimum absolute atomic E-state index is 0.108. The summed E-state index contributed by atoms with van der Waals surface area (Å²) in [6, 6.07) is 7.60. The number of halogens is 1. The van der Waals surface area contributed by atoms with E-state index in [-0.39, 0.29) is 25.3 Å². The Morgan fingerprint density at radius 2 is 2.00 bits per heavy atom. The van der Waals surface area contributed by atoms with Crippen LogP contribution in [0.25, 0.3) is 0 Å². The van der Waals surface area contributed by atoms with Crippen LogP contribution in [0.2, 0.25) is 0 Å². The van der Waals surface area contributed by atoms with Gasteiger partial charge in [-0.2, -0.15) is 0 Å². The predicted molar refractivity (Wildman–Crippen MR) is 86.8 cm³/mol. The van der Waals surface area contributed by atoms with E-state index in [1.165, 1.54) is 35.4 Å². The number of imide groups is 1. The number of anilines is 1. The molecule has 25 heavy (non-hydrogen) atoms. The lowest BCUT2D eigenvalue weighted by molar-refractivity contribution is -0.139. The Morgan fingerprint density at radius 1 is 1.28 bits per heavy atom. The maximum absolute atomic E-state index is 13.1. The summed E-state index contributed by atoms with van der Waals surface area (Å²) in [6.07, 6.45) is 1.58. The van der Waals surface area contributed by atoms with E-state index in [4.69, 9.17) is 4.42 Å². The third-order valence-electron chi connectivity index (χ3n) is 4.11. The SMILES string of the molecule is CCC(=O)N(Cc1ccco1)[C@H]1CC(=O)N(c2ccc(F)cc2)C1=O. The van der Waals surface area contributed by atoms with Gasteiger partial charge in [0.15, 0.2) is 0 Å². The molecule has 2 heterocycles. The van der Waals surface area contributed by atoms with Gasteiger partial charge in [0.1, 0.15) is 17.6 Å². The normalized spacial score (nSPS) is 17.2. The fourth-order valence-electron chi connectivity index (χ4n) is 2.87. The Labute approximate surface area is 143 Å². The van der Waals surface area contributed by atoms with Crippen LogP contribution in [-0.2, 0) is 20.9 Å². The van der Waals surface area contributed by atoms with Crippen LogP contribution in [0.5, 0.6) is 0 Å². The van der Waals surface area contributed by atoms with Gasteiger partial charge < -0.3 is 9.32 Å². The Morgan fingerprint density at radius 3 is 2.60 bits per heavy atom. The van der Waals surface area contributed by atoms with E-state index < -0.39 is 23.7 Å². The van der Waals surface area contributed by atoms with E-state index in [0.717, 1.165) is 4.90 Å². The number of carbonyl (C=O) groups is 3. The largest absolute Gasteiger partial charge is 0.467 e. The zero-order valence-corrected chi connectivity index (χ0v) is 13.6. The van der Waals surface area contributed by atoms with Crippen molar-refractivity contribution in [2.75, 3.05) is 4.90 Å². The number of nitrogens with zero attached hydrogens (tertiary/aromatic N) is 2. The van der Waals surface area contributed by atoms with Crippen molar-refractivity contribution in [1.82, 2.24) is 4.90 Å². The smallest absolute Gasteiger partial charge is 0.257 e. The molecule has 0 radical (unpaired) electrons. The van der Waals surface area contributed by atoms with Gasteiger partial charge in [-0.3, -0.25) is 14.4 Å². The molecule has 1 aliphatic heterocycles. The van der Waals surface area contributed by atoms with Crippen molar-refractivity contribution in [3.63, 3.8) is 0 Å². The zero-order valence-electron chi connectivity index (χ0n) is 13.6. The molecule has 0 N–H and O–H groups in total. The second-order valence-corrected chi connectivity index (χ2v) is 5.72. The Kier molecular flexibility index (Phi) is 4.65. The monoisotopic (exact) mass is 344 g/mol. The number of carbonyl (C=O) groups excluding carboxylic acids is 3. The van der Waals surface area contributed by atoms with Crippen LogP contribution in [0.3, 0.4) is 0 Å². The zero-order chi connectivity index (χ0) is 18.0. The van der Waals surface area contributed by atoms with E-state index >= 15 is 0 Å². The molecule has 0 aliphatic carbocycles. The highest BCUT2D eigenvalue weighted by Crippen LogP contribution is 2.27. The van der Waals surface area contributed by atoms with Crippen molar-refractivity contribution >= 4 is 23.4 Å². The number of hydrogen-bond donors (Lipinski definition) is 0. The first-order valence-electron chi connectivity index (χ1n) is 7.95. The Balaban J connectivity index is 1.87. The second-order valence-electron chi connectivity index (χ2n) is 5.72. The molecule has 3 rings (SSSR count). The highest BCUT2D eigenvalue weighted by Gasteiger charge is 2.44. The van der Waals surface area contributed by atoms with Crippen LogP contribution in [0.1, 0.15) is 25.5 Å². The van der Waals surface area contributed by atoms with Crippen LogP contribution < -0.4 is 4.90 Å². The van der Waals surface area contributed by atoms with Gasteiger partial charge in [0.05, 0.1) is 24.9 Å². The molecule has 1 fully saturated rings. The molecule has 0 bridgehead atoms. The third-order valence-corrected chi connectivity index (χ3v) is 4.11. The molecule has 3 amide bonds. The molecule has 1 aliphatic rings. The molecule has 130 valence electrons. The van der Waals surface area contributed by atoms with Crippen LogP contribution >= 0.6 is 0 Å². The maximum Gasteiger partial charge on any atom is 0.257 e. The summed E-state index contributed by atoms with van der Waals surface area (Å²) < 4.78 is 18.3. The highest BCUT2D eigenvalue weighted by atomic mass is 19.1. The van der Waals surface area contributed by atoms with E-state index in [0.29, 0.717) is 11.4 Å². The molecule has 1 saturated heterocycles. The van der Waals surface area contributed by atoms with Crippen LogP contribution in [0.4, 0.5) is 10.1 Å². The fraction of sp³-hybridized carbons (Fsp3) is 0.278. The van der Waals surface area contributed by atoms with Gasteiger partial charge in [-0.05, 0) is 36.4 Å². The lowest BCUT2D eigenvalue weighted by Crippen LogP contribution is -2.44. The second kappa shape index (κ2) is 6.88. The van der Waals surface area contributed by atoms with E-state index in [1.54, 1.807) is 19.1 Å². The summed E-state index contributed by atoms with van der Waals surface area (Å²) in [5.41, 5.74) is 0.292. The molecule has 0 unspecified atom stereocenters. The lowest BCUT2D eigenvalue weighted by Gasteiger charge is -2.26. The summed E-state index contributed by atoms with van der Waals surface area (Å²) in [4.78, 5) is 39.8. The van der Waals surface area contributed by atoms with Gasteiger partial charge in [-0.25, -0.2) is 9.29 Å². The standard InChI is InChI=1S/C18H17FN2O4/c1-2-16(22)20(11-14-4-3-9-25-14)15-10-17(23)21(18(15)24)13-7-5-12(19)6-8-13/h3-9,15H,2,10-11H2,1H3/t15-/m0/s1. The Hall–Kier alpha value is -2.96. The number of benzene rings is 1. The molecular weight excluding hydrogens is 327 g/mol. The van der Waals surface area contributed by atoms with Gasteiger partial charge in [0.2, 0.25) is 11.8 Å². The fourth-order valence-corrected chi connectivity index (χ4v) is 2.87. The van der Waals surface area contributed by atoms with Crippen molar-refractivity contribution in [2.45, 2.75) is 32.4 Å². The quantitative estimate of drug-likeness (QED) is 0.782. The van der Waals surface area contributed by atoms with Gasteiger partial charge >= 0.3 is 0 Å².